The predicted molar refractivity (Wildman–Crippen MR) is 101 cm³/mol. The lowest BCUT2D eigenvalue weighted by Crippen LogP contribution is -2.45. The minimum Gasteiger partial charge on any atom is -0.372 e. The molecule has 1 heterocycles. The molecule has 0 aromatic heterocycles. The first-order valence-corrected chi connectivity index (χ1v) is 8.96. The number of hydrogen-bond donors (Lipinski definition) is 1. The first-order valence-electron chi connectivity index (χ1n) is 8.59. The molecule has 1 saturated heterocycles. The summed E-state index contributed by atoms with van der Waals surface area (Å²) in [6.45, 7) is 4.01. The smallest absolute Gasteiger partial charge is 0.321 e. The number of nitrogens with zero attached hydrogens (tertiary/aromatic N) is 1. The summed E-state index contributed by atoms with van der Waals surface area (Å²) in [7, 11) is 0. The van der Waals surface area contributed by atoms with Crippen molar-refractivity contribution in [1.82, 2.24) is 4.90 Å². The number of rotatable bonds is 4. The molecule has 1 fully saturated rings. The van der Waals surface area contributed by atoms with Gasteiger partial charge in [0.05, 0.1) is 12.7 Å². The lowest BCUT2D eigenvalue weighted by atomic mass is 10.1. The maximum Gasteiger partial charge on any atom is 0.321 e. The number of anilines is 1. The van der Waals surface area contributed by atoms with Crippen LogP contribution in [0.1, 0.15) is 24.0 Å². The topological polar surface area (TPSA) is 41.6 Å². The molecule has 0 saturated carbocycles. The van der Waals surface area contributed by atoms with Crippen LogP contribution in [0.2, 0.25) is 5.02 Å². The van der Waals surface area contributed by atoms with Gasteiger partial charge in [-0.25, -0.2) is 4.79 Å². The molecule has 4 nitrogen and oxygen atoms in total. The number of halogens is 1. The Morgan fingerprint density at radius 2 is 2.08 bits per heavy atom. The first-order chi connectivity index (χ1) is 12.1. The summed E-state index contributed by atoms with van der Waals surface area (Å²) in [5.74, 6) is 0. The fourth-order valence-corrected chi connectivity index (χ4v) is 3.12. The highest BCUT2D eigenvalue weighted by atomic mass is 35.5. The number of likely N-dealkylation sites (tertiary alicyclic amines) is 1. The van der Waals surface area contributed by atoms with Crippen LogP contribution in [-0.4, -0.2) is 30.1 Å². The summed E-state index contributed by atoms with van der Waals surface area (Å²) in [6, 6.07) is 15.4. The van der Waals surface area contributed by atoms with Gasteiger partial charge in [0.1, 0.15) is 0 Å². The van der Waals surface area contributed by atoms with Crippen LogP contribution in [0.3, 0.4) is 0 Å². The zero-order valence-corrected chi connectivity index (χ0v) is 15.1. The molecule has 1 atom stereocenters. The molecule has 25 heavy (non-hydrogen) atoms. The van der Waals surface area contributed by atoms with Gasteiger partial charge in [-0.05, 0) is 43.5 Å². The monoisotopic (exact) mass is 358 g/mol. The van der Waals surface area contributed by atoms with Gasteiger partial charge < -0.3 is 15.0 Å². The number of urea groups is 1. The predicted octanol–water partition coefficient (Wildman–Crippen LogP) is 4.86. The third kappa shape index (κ3) is 5.21. The minimum absolute atomic E-state index is 0.0696. The van der Waals surface area contributed by atoms with Crippen LogP contribution >= 0.6 is 11.6 Å². The highest BCUT2D eigenvalue weighted by Crippen LogP contribution is 2.19. The van der Waals surface area contributed by atoms with E-state index in [-0.39, 0.29) is 12.1 Å². The quantitative estimate of drug-likeness (QED) is 0.847. The number of carbonyl (C=O) groups is 1. The fraction of sp³-hybridized carbons (Fsp3) is 0.350. The summed E-state index contributed by atoms with van der Waals surface area (Å²) in [4.78, 5) is 14.3. The summed E-state index contributed by atoms with van der Waals surface area (Å²) in [5, 5.41) is 3.51. The molecule has 1 N–H and O–H groups in total. The average molecular weight is 359 g/mol. The minimum atomic E-state index is -0.106. The summed E-state index contributed by atoms with van der Waals surface area (Å²) >= 11 is 5.96. The van der Waals surface area contributed by atoms with E-state index in [1.54, 1.807) is 12.1 Å². The van der Waals surface area contributed by atoms with Crippen LogP contribution in [0.25, 0.3) is 0 Å². The van der Waals surface area contributed by atoms with Crippen LogP contribution in [-0.2, 0) is 11.3 Å². The number of aryl methyl sites for hydroxylation is 1. The van der Waals surface area contributed by atoms with E-state index in [0.29, 0.717) is 23.9 Å². The molecule has 0 bridgehead atoms. The van der Waals surface area contributed by atoms with Crippen molar-refractivity contribution in [2.24, 2.45) is 0 Å². The highest BCUT2D eigenvalue weighted by Gasteiger charge is 2.24. The molecule has 0 radical (unpaired) electrons. The van der Waals surface area contributed by atoms with Gasteiger partial charge in [0.2, 0.25) is 0 Å². The van der Waals surface area contributed by atoms with E-state index in [1.165, 1.54) is 5.56 Å². The van der Waals surface area contributed by atoms with Crippen molar-refractivity contribution < 1.29 is 9.53 Å². The van der Waals surface area contributed by atoms with Gasteiger partial charge in [-0.15, -0.1) is 0 Å². The normalized spacial score (nSPS) is 17.4. The van der Waals surface area contributed by atoms with Gasteiger partial charge in [0.15, 0.2) is 0 Å². The zero-order chi connectivity index (χ0) is 17.6. The molecule has 3 rings (SSSR count). The molecule has 1 aliphatic heterocycles. The largest absolute Gasteiger partial charge is 0.372 e. The summed E-state index contributed by atoms with van der Waals surface area (Å²) in [6.07, 6.45) is 1.99. The van der Waals surface area contributed by atoms with Gasteiger partial charge in [0, 0.05) is 23.8 Å². The van der Waals surface area contributed by atoms with Crippen molar-refractivity contribution >= 4 is 23.3 Å². The Labute approximate surface area is 153 Å². The Morgan fingerprint density at radius 3 is 2.84 bits per heavy atom. The lowest BCUT2D eigenvalue weighted by Gasteiger charge is -2.32. The summed E-state index contributed by atoms with van der Waals surface area (Å²) < 4.78 is 6.02. The van der Waals surface area contributed by atoms with Crippen molar-refractivity contribution in [3.63, 3.8) is 0 Å². The van der Waals surface area contributed by atoms with Crippen molar-refractivity contribution in [1.29, 1.82) is 0 Å². The number of amides is 2. The van der Waals surface area contributed by atoms with Crippen molar-refractivity contribution in [3.05, 3.63) is 64.7 Å². The maximum absolute atomic E-state index is 12.5. The fourth-order valence-electron chi connectivity index (χ4n) is 2.93. The average Bonchev–Trinajstić information content (AvgIpc) is 2.61. The van der Waals surface area contributed by atoms with Gasteiger partial charge >= 0.3 is 6.03 Å². The molecule has 2 amide bonds. The van der Waals surface area contributed by atoms with E-state index in [4.69, 9.17) is 16.3 Å². The number of benzene rings is 2. The molecule has 2 aromatic rings. The second kappa shape index (κ2) is 8.37. The standard InChI is InChI=1S/C20H23ClN2O2/c1-15-7-9-16(10-8-15)14-25-19-6-3-11-23(13-19)20(24)22-18-5-2-4-17(21)12-18/h2,4-5,7-10,12,19H,3,6,11,13-14H2,1H3,(H,22,24)/t19-/m0/s1. The van der Waals surface area contributed by atoms with Crippen LogP contribution < -0.4 is 5.32 Å². The zero-order valence-electron chi connectivity index (χ0n) is 14.4. The number of hydrogen-bond acceptors (Lipinski definition) is 2. The van der Waals surface area contributed by atoms with E-state index in [9.17, 15) is 4.79 Å². The Morgan fingerprint density at radius 1 is 1.28 bits per heavy atom. The van der Waals surface area contributed by atoms with Gasteiger partial charge in [-0.2, -0.15) is 0 Å². The number of carbonyl (C=O) groups excluding carboxylic acids is 1. The van der Waals surface area contributed by atoms with Crippen molar-refractivity contribution in [3.8, 4) is 0 Å². The lowest BCUT2D eigenvalue weighted by molar-refractivity contribution is 0.00101. The van der Waals surface area contributed by atoms with E-state index in [1.807, 2.05) is 17.0 Å². The summed E-state index contributed by atoms with van der Waals surface area (Å²) in [5.41, 5.74) is 3.11. The second-order valence-corrected chi connectivity index (χ2v) is 6.88. The molecule has 0 unspecified atom stereocenters. The Hall–Kier alpha value is -2.04. The van der Waals surface area contributed by atoms with Crippen molar-refractivity contribution in [2.45, 2.75) is 32.5 Å². The van der Waals surface area contributed by atoms with Gasteiger partial charge in [0.25, 0.3) is 0 Å². The molecule has 2 aromatic carbocycles. The van der Waals surface area contributed by atoms with E-state index >= 15 is 0 Å². The van der Waals surface area contributed by atoms with Crippen LogP contribution in [0.15, 0.2) is 48.5 Å². The Bertz CT molecular complexity index is 718. The van der Waals surface area contributed by atoms with Crippen LogP contribution in [0.5, 0.6) is 0 Å². The Kier molecular flexibility index (Phi) is 5.95. The molecular formula is C20H23ClN2O2. The van der Waals surface area contributed by atoms with E-state index < -0.39 is 0 Å². The Balaban J connectivity index is 1.51. The van der Waals surface area contributed by atoms with E-state index in [0.717, 1.165) is 24.9 Å². The number of nitrogens with one attached hydrogen (secondary N) is 1. The molecule has 132 valence electrons. The third-order valence-electron chi connectivity index (χ3n) is 4.35. The van der Waals surface area contributed by atoms with Crippen molar-refractivity contribution in [2.75, 3.05) is 18.4 Å². The van der Waals surface area contributed by atoms with Gasteiger partial charge in [-0.1, -0.05) is 47.5 Å². The SMILES string of the molecule is Cc1ccc(CO[C@H]2CCCN(C(=O)Nc3cccc(Cl)c3)C2)cc1. The highest BCUT2D eigenvalue weighted by molar-refractivity contribution is 6.30. The number of piperidine rings is 1. The third-order valence-corrected chi connectivity index (χ3v) is 4.58. The second-order valence-electron chi connectivity index (χ2n) is 6.45. The molecule has 5 heteroatoms. The molecular weight excluding hydrogens is 336 g/mol. The van der Waals surface area contributed by atoms with Gasteiger partial charge in [-0.3, -0.25) is 0 Å². The molecule has 0 spiro atoms. The van der Waals surface area contributed by atoms with E-state index in [2.05, 4.69) is 36.5 Å². The maximum atomic E-state index is 12.5. The number of ether oxygens (including phenoxy) is 1. The van der Waals surface area contributed by atoms with Crippen LogP contribution in [0.4, 0.5) is 10.5 Å². The molecule has 1 aliphatic rings. The first kappa shape index (κ1) is 17.8. The van der Waals surface area contributed by atoms with Crippen LogP contribution in [0, 0.1) is 6.92 Å². The molecule has 0 aliphatic carbocycles.